The number of hydrogen-bond acceptors (Lipinski definition) is 13. The maximum atomic E-state index is 13.0. The van der Waals surface area contributed by atoms with E-state index in [4.69, 9.17) is 40.0 Å². The van der Waals surface area contributed by atoms with E-state index < -0.39 is 40.2 Å². The number of rotatable bonds is 10. The molecule has 3 aliphatic carbocycles. The van der Waals surface area contributed by atoms with Gasteiger partial charge in [-0.25, -0.2) is 0 Å². The molecule has 6 aromatic rings. The number of carbonyl (C=O) groups is 4. The van der Waals surface area contributed by atoms with E-state index in [1.807, 2.05) is 18.2 Å². The van der Waals surface area contributed by atoms with Crippen molar-refractivity contribution in [3.63, 3.8) is 0 Å². The Morgan fingerprint density at radius 3 is 1.47 bits per heavy atom. The van der Waals surface area contributed by atoms with Crippen LogP contribution in [0.1, 0.15) is 103 Å². The van der Waals surface area contributed by atoms with Crippen LogP contribution in [0.25, 0.3) is 6.08 Å². The highest BCUT2D eigenvalue weighted by Crippen LogP contribution is 2.43. The Balaban J connectivity index is 0.000000151. The molecule has 484 valence electrons. The minimum absolute atomic E-state index is 0.0226. The summed E-state index contributed by atoms with van der Waals surface area (Å²) < 4.78 is 147. The number of ether oxygens (including phenoxy) is 6. The molecule has 0 saturated carbocycles. The van der Waals surface area contributed by atoms with Crippen LogP contribution < -0.4 is 28.9 Å². The molecule has 0 N–H and O–H groups in total. The molecule has 23 heteroatoms. The van der Waals surface area contributed by atoms with Gasteiger partial charge < -0.3 is 43.1 Å². The van der Waals surface area contributed by atoms with Crippen LogP contribution in [0.4, 0.5) is 56.6 Å². The predicted octanol–water partition coefficient (Wildman–Crippen LogP) is 14.0. The number of ketones is 3. The number of Topliss-reactive ketones (excluding diaryl/α,β-unsaturated/α-hetero) is 3. The molecule has 6 aromatic carbocycles. The van der Waals surface area contributed by atoms with Gasteiger partial charge in [-0.05, 0) is 139 Å². The zero-order chi connectivity index (χ0) is 65.5. The number of aldehydes is 1. The molecule has 0 amide bonds. The summed E-state index contributed by atoms with van der Waals surface area (Å²) in [7, 11) is 4.82. The highest BCUT2D eigenvalue weighted by atomic mass is 35.5. The van der Waals surface area contributed by atoms with E-state index in [0.29, 0.717) is 92.2 Å². The van der Waals surface area contributed by atoms with Gasteiger partial charge in [0.2, 0.25) is 0 Å². The zero-order valence-corrected chi connectivity index (χ0v) is 51.4. The quantitative estimate of drug-likeness (QED) is 0.0733. The number of fused-ring (bicyclic) bond motifs is 3. The monoisotopic (exact) mass is 1290 g/mol. The minimum atomic E-state index is -4.52. The smallest absolute Gasteiger partial charge is 0.417 e. The molecular weight excluding hydrogens is 1230 g/mol. The number of halogens is 10. The lowest BCUT2D eigenvalue weighted by Gasteiger charge is -2.30. The first-order valence-corrected chi connectivity index (χ1v) is 29.8. The maximum absolute atomic E-state index is 13.0. The number of morpholine rings is 3. The summed E-state index contributed by atoms with van der Waals surface area (Å²) in [5.41, 5.74) is 7.94. The van der Waals surface area contributed by atoms with Crippen molar-refractivity contribution in [2.75, 3.05) is 115 Å². The summed E-state index contributed by atoms with van der Waals surface area (Å²) >= 11 is 5.30. The molecule has 13 nitrogen and oxygen atoms in total. The molecule has 1 unspecified atom stereocenters. The van der Waals surface area contributed by atoms with Crippen LogP contribution in [0.15, 0.2) is 96.6 Å². The Labute approximate surface area is 525 Å². The van der Waals surface area contributed by atoms with Crippen LogP contribution in [-0.2, 0) is 58.4 Å². The van der Waals surface area contributed by atoms with Crippen molar-refractivity contribution in [1.29, 1.82) is 0 Å². The SMILES string of the molecule is COc1cc2c(cc1N1CCOCC1)C/C(=C\c1ccc(C(F)(F)F)c(C)c1)C2=O.COc1cc2c(cc1N1CCOCC1)CC(Cc1ccc(C(F)(F)F)c(C)c1)C2=O.COc1cc2c(cc1N1CCOCC1)CCC2=O.O=Cc1ccc(Cl)c(C(F)(F)F)c1. The highest BCUT2D eigenvalue weighted by molar-refractivity contribution is 6.31. The lowest BCUT2D eigenvalue weighted by Crippen LogP contribution is -2.36. The molecular formula is C68H67ClF9N3O10. The van der Waals surface area contributed by atoms with Gasteiger partial charge in [-0.2, -0.15) is 39.5 Å². The van der Waals surface area contributed by atoms with Gasteiger partial charge in [-0.15, -0.1) is 0 Å². The lowest BCUT2D eigenvalue weighted by atomic mass is 9.93. The summed E-state index contributed by atoms with van der Waals surface area (Å²) in [5.74, 6) is 1.96. The molecule has 3 heterocycles. The van der Waals surface area contributed by atoms with Crippen LogP contribution >= 0.6 is 11.6 Å². The highest BCUT2D eigenvalue weighted by Gasteiger charge is 2.37. The van der Waals surface area contributed by atoms with Crippen LogP contribution in [0.2, 0.25) is 5.02 Å². The number of hydrogen-bond donors (Lipinski definition) is 0. The van der Waals surface area contributed by atoms with Crippen LogP contribution in [0.5, 0.6) is 17.2 Å². The normalized spacial score (nSPS) is 17.7. The Bertz CT molecular complexity index is 3720. The summed E-state index contributed by atoms with van der Waals surface area (Å²) in [4.78, 5) is 54.5. The van der Waals surface area contributed by atoms with Gasteiger partial charge in [-0.1, -0.05) is 41.9 Å². The van der Waals surface area contributed by atoms with Crippen LogP contribution in [0, 0.1) is 19.8 Å². The summed E-state index contributed by atoms with van der Waals surface area (Å²) in [6.07, 6.45) is -8.33. The van der Waals surface area contributed by atoms with E-state index in [2.05, 4.69) is 20.8 Å². The van der Waals surface area contributed by atoms with Crippen molar-refractivity contribution in [3.05, 3.63) is 179 Å². The third-order valence-corrected chi connectivity index (χ3v) is 16.9. The van der Waals surface area contributed by atoms with Crippen LogP contribution in [-0.4, -0.2) is 124 Å². The molecule has 3 fully saturated rings. The maximum Gasteiger partial charge on any atom is 0.417 e. The fourth-order valence-corrected chi connectivity index (χ4v) is 12.2. The Morgan fingerprint density at radius 1 is 0.527 bits per heavy atom. The van der Waals surface area contributed by atoms with Crippen LogP contribution in [0.3, 0.4) is 0 Å². The largest absolute Gasteiger partial charge is 0.495 e. The van der Waals surface area contributed by atoms with Crippen molar-refractivity contribution in [2.45, 2.75) is 64.5 Å². The van der Waals surface area contributed by atoms with E-state index >= 15 is 0 Å². The number of aryl methyl sites for hydroxylation is 3. The van der Waals surface area contributed by atoms with E-state index in [0.717, 1.165) is 134 Å². The first-order chi connectivity index (χ1) is 43.3. The third-order valence-electron chi connectivity index (χ3n) is 16.6. The standard InChI is InChI=1S/C23H24F3NO3.C23H22F3NO3.C14H17NO3.C8H4ClF3O/c2*1-14-9-15(3-4-19(14)23(24,25)26)10-17-11-16-12-20(27-5-7-30-8-6-27)21(29-2)13-18(16)22(17)28;1-17-14-9-11-10(2-3-13(11)16)8-12(14)15-4-6-18-7-5-15;9-7-2-1-5(4-13)3-6(7)8(10,11)12/h3-4,9,12-13,17H,5-8,10-11H2,1-2H3;3-4,9-10,12-13H,5-8,11H2,1-2H3;8-9H,2-7H2,1H3;1-4H/b;17-10+;;. The second-order valence-corrected chi connectivity index (χ2v) is 22.9. The van der Waals surface area contributed by atoms with Gasteiger partial charge in [0.05, 0.1) is 99.7 Å². The molecule has 0 aromatic heterocycles. The number of anilines is 3. The minimum Gasteiger partial charge on any atom is -0.495 e. The first kappa shape index (κ1) is 67.5. The van der Waals surface area contributed by atoms with E-state index in [-0.39, 0.29) is 40.0 Å². The molecule has 6 aliphatic rings. The number of allylic oxidation sites excluding steroid dienone is 1. The number of carbonyl (C=O) groups excluding carboxylic acids is 4. The first-order valence-electron chi connectivity index (χ1n) is 29.4. The predicted molar refractivity (Wildman–Crippen MR) is 326 cm³/mol. The van der Waals surface area contributed by atoms with E-state index in [9.17, 15) is 58.7 Å². The third kappa shape index (κ3) is 15.9. The van der Waals surface area contributed by atoms with Gasteiger partial charge in [0.15, 0.2) is 17.3 Å². The molecule has 1 atom stereocenters. The average molecular weight is 1290 g/mol. The van der Waals surface area contributed by atoms with E-state index in [1.165, 1.54) is 38.1 Å². The van der Waals surface area contributed by atoms with Gasteiger partial charge >= 0.3 is 18.5 Å². The van der Waals surface area contributed by atoms with Crippen molar-refractivity contribution >= 4 is 58.4 Å². The number of nitrogens with zero attached hydrogens (tertiary/aromatic N) is 3. The molecule has 0 radical (unpaired) electrons. The topological polar surface area (TPSA) is 133 Å². The summed E-state index contributed by atoms with van der Waals surface area (Å²) in [6.45, 7) is 11.7. The fourth-order valence-electron chi connectivity index (χ4n) is 12.0. The Hall–Kier alpha value is -7.92. The molecule has 0 spiro atoms. The second-order valence-electron chi connectivity index (χ2n) is 22.5. The summed E-state index contributed by atoms with van der Waals surface area (Å²) in [5, 5.41) is -0.405. The number of alkyl halides is 9. The average Bonchev–Trinajstić information content (AvgIpc) is 1.68. The van der Waals surface area contributed by atoms with Gasteiger partial charge in [-0.3, -0.25) is 19.2 Å². The van der Waals surface area contributed by atoms with E-state index in [1.54, 1.807) is 45.6 Å². The fraction of sp³-hybridized carbons (Fsp3) is 0.382. The second kappa shape index (κ2) is 28.7. The molecule has 3 aliphatic heterocycles. The van der Waals surface area contributed by atoms with Gasteiger partial charge in [0, 0.05) is 85.9 Å². The molecule has 12 rings (SSSR count). The Kier molecular flexibility index (Phi) is 21.3. The van der Waals surface area contributed by atoms with Crippen molar-refractivity contribution in [1.82, 2.24) is 0 Å². The van der Waals surface area contributed by atoms with Gasteiger partial charge in [0.1, 0.15) is 23.5 Å². The molecule has 0 bridgehead atoms. The Morgan fingerprint density at radius 2 is 0.989 bits per heavy atom. The van der Waals surface area contributed by atoms with Gasteiger partial charge in [0.25, 0.3) is 0 Å². The zero-order valence-electron chi connectivity index (χ0n) is 50.6. The van der Waals surface area contributed by atoms with Crippen molar-refractivity contribution in [3.8, 4) is 17.2 Å². The lowest BCUT2D eigenvalue weighted by molar-refractivity contribution is -0.138. The summed E-state index contributed by atoms with van der Waals surface area (Å²) in [6, 6.07) is 22.6. The van der Waals surface area contributed by atoms with Crippen molar-refractivity contribution < 1.29 is 87.1 Å². The van der Waals surface area contributed by atoms with Crippen molar-refractivity contribution in [2.24, 2.45) is 5.92 Å². The molecule has 3 saturated heterocycles. The molecule has 91 heavy (non-hydrogen) atoms. The number of benzene rings is 6. The number of methoxy groups -OCH3 is 3.